The predicted molar refractivity (Wildman–Crippen MR) is 116 cm³/mol. The number of sulfone groups is 1. The van der Waals surface area contributed by atoms with Crippen LogP contribution in [0.1, 0.15) is 18.4 Å². The highest BCUT2D eigenvalue weighted by Gasteiger charge is 2.35. The van der Waals surface area contributed by atoms with Gasteiger partial charge in [-0.2, -0.15) is 4.31 Å². The summed E-state index contributed by atoms with van der Waals surface area (Å²) in [7, 11) is -5.92. The van der Waals surface area contributed by atoms with Crippen LogP contribution in [0.3, 0.4) is 0 Å². The topological polar surface area (TPSA) is 101 Å². The first-order valence-corrected chi connectivity index (χ1v) is 12.9. The summed E-state index contributed by atoms with van der Waals surface area (Å²) >= 11 is 0. The predicted octanol–water partition coefficient (Wildman–Crippen LogP) is 1.98. The minimum atomic E-state index is -3.71. The lowest BCUT2D eigenvalue weighted by molar-refractivity contribution is -0.118. The van der Waals surface area contributed by atoms with E-state index in [1.165, 1.54) is 11.4 Å². The van der Waals surface area contributed by atoms with E-state index < -0.39 is 36.8 Å². The summed E-state index contributed by atoms with van der Waals surface area (Å²) in [5.74, 6) is -1.12. The highest BCUT2D eigenvalue weighted by molar-refractivity contribution is 7.92. The third-order valence-electron chi connectivity index (χ3n) is 5.40. The maximum atomic E-state index is 13.0. The van der Waals surface area contributed by atoms with E-state index in [-0.39, 0.29) is 30.8 Å². The van der Waals surface area contributed by atoms with Gasteiger partial charge in [0.2, 0.25) is 15.9 Å². The molecule has 3 rings (SSSR count). The third kappa shape index (κ3) is 4.91. The van der Waals surface area contributed by atoms with Crippen LogP contribution in [-0.2, 0) is 24.7 Å². The SMILES string of the molecule is CNC(=O)CS(=O)(=O)C1CCN(S(=O)(=O)c2ccc(-c3ccc(C)cc3)cc2)CC1. The van der Waals surface area contributed by atoms with Crippen LogP contribution < -0.4 is 5.32 Å². The van der Waals surface area contributed by atoms with Crippen molar-refractivity contribution in [1.29, 1.82) is 0 Å². The number of amides is 1. The van der Waals surface area contributed by atoms with E-state index in [0.29, 0.717) is 0 Å². The lowest BCUT2D eigenvalue weighted by atomic mass is 10.0. The van der Waals surface area contributed by atoms with Gasteiger partial charge in [0.15, 0.2) is 9.84 Å². The van der Waals surface area contributed by atoms with Crippen molar-refractivity contribution in [1.82, 2.24) is 9.62 Å². The molecule has 1 fully saturated rings. The maximum Gasteiger partial charge on any atom is 0.243 e. The van der Waals surface area contributed by atoms with Crippen molar-refractivity contribution < 1.29 is 21.6 Å². The normalized spacial score (nSPS) is 16.3. The van der Waals surface area contributed by atoms with Gasteiger partial charge in [0, 0.05) is 20.1 Å². The molecule has 9 heteroatoms. The van der Waals surface area contributed by atoms with Crippen molar-refractivity contribution in [3.8, 4) is 11.1 Å². The fourth-order valence-electron chi connectivity index (χ4n) is 3.52. The van der Waals surface area contributed by atoms with Crippen LogP contribution >= 0.6 is 0 Å². The summed E-state index contributed by atoms with van der Waals surface area (Å²) < 4.78 is 52.0. The molecule has 0 bridgehead atoms. The summed E-state index contributed by atoms with van der Waals surface area (Å²) in [5, 5.41) is 1.61. The molecule has 1 heterocycles. The molecule has 1 aliphatic heterocycles. The lowest BCUT2D eigenvalue weighted by Crippen LogP contribution is -2.44. The molecule has 0 spiro atoms. The number of benzene rings is 2. The second kappa shape index (κ2) is 8.87. The number of hydrogen-bond acceptors (Lipinski definition) is 5. The first-order chi connectivity index (χ1) is 14.1. The van der Waals surface area contributed by atoms with E-state index in [9.17, 15) is 21.6 Å². The van der Waals surface area contributed by atoms with E-state index >= 15 is 0 Å². The quantitative estimate of drug-likeness (QED) is 0.725. The van der Waals surface area contributed by atoms with Crippen LogP contribution in [0.25, 0.3) is 11.1 Å². The molecule has 0 aliphatic carbocycles. The Bertz CT molecular complexity index is 1100. The van der Waals surface area contributed by atoms with Crippen LogP contribution in [0.2, 0.25) is 0 Å². The minimum absolute atomic E-state index is 0.111. The number of carbonyl (C=O) groups is 1. The van der Waals surface area contributed by atoms with Crippen molar-refractivity contribution in [2.24, 2.45) is 0 Å². The Hall–Kier alpha value is -2.23. The summed E-state index contributed by atoms with van der Waals surface area (Å²) in [6.45, 7) is 2.23. The summed E-state index contributed by atoms with van der Waals surface area (Å²) in [6.07, 6.45) is 0.361. The standard InChI is InChI=1S/C21H26N2O5S2/c1-16-3-5-17(6-4-16)18-7-9-20(10-8-18)30(27,28)23-13-11-19(12-14-23)29(25,26)15-21(24)22-2/h3-10,19H,11-15H2,1-2H3,(H,22,24). The number of carbonyl (C=O) groups excluding carboxylic acids is 1. The molecule has 2 aromatic rings. The van der Waals surface area contributed by atoms with Gasteiger partial charge in [-0.15, -0.1) is 0 Å². The van der Waals surface area contributed by atoms with Gasteiger partial charge in [-0.25, -0.2) is 16.8 Å². The fourth-order valence-corrected chi connectivity index (χ4v) is 6.66. The van der Waals surface area contributed by atoms with Crippen LogP contribution in [0.15, 0.2) is 53.4 Å². The highest BCUT2D eigenvalue weighted by Crippen LogP contribution is 2.26. The smallest absolute Gasteiger partial charge is 0.243 e. The van der Waals surface area contributed by atoms with E-state index in [0.717, 1.165) is 16.7 Å². The van der Waals surface area contributed by atoms with Gasteiger partial charge < -0.3 is 5.32 Å². The minimum Gasteiger partial charge on any atom is -0.358 e. The number of sulfonamides is 1. The Labute approximate surface area is 178 Å². The Morgan fingerprint density at radius 2 is 1.43 bits per heavy atom. The third-order valence-corrected chi connectivity index (χ3v) is 9.46. The number of piperidine rings is 1. The van der Waals surface area contributed by atoms with Gasteiger partial charge in [0.1, 0.15) is 5.75 Å². The summed E-state index contributed by atoms with van der Waals surface area (Å²) in [6, 6.07) is 14.7. The molecule has 0 unspecified atom stereocenters. The van der Waals surface area contributed by atoms with Crippen LogP contribution in [-0.4, -0.2) is 58.2 Å². The van der Waals surface area contributed by atoms with Gasteiger partial charge in [0.25, 0.3) is 0 Å². The molecule has 0 aromatic heterocycles. The zero-order valence-electron chi connectivity index (χ0n) is 17.0. The number of nitrogens with one attached hydrogen (secondary N) is 1. The molecule has 1 N–H and O–H groups in total. The first kappa shape index (κ1) is 22.5. The Morgan fingerprint density at radius 1 is 0.933 bits per heavy atom. The molecular formula is C21H26N2O5S2. The van der Waals surface area contributed by atoms with Crippen molar-refractivity contribution >= 4 is 25.8 Å². The monoisotopic (exact) mass is 450 g/mol. The molecule has 162 valence electrons. The molecule has 0 saturated carbocycles. The Balaban J connectivity index is 1.69. The molecule has 7 nitrogen and oxygen atoms in total. The number of hydrogen-bond donors (Lipinski definition) is 1. The molecule has 0 radical (unpaired) electrons. The summed E-state index contributed by atoms with van der Waals surface area (Å²) in [4.78, 5) is 11.6. The van der Waals surface area contributed by atoms with Gasteiger partial charge in [0.05, 0.1) is 10.1 Å². The lowest BCUT2D eigenvalue weighted by Gasteiger charge is -2.30. The van der Waals surface area contributed by atoms with E-state index in [1.54, 1.807) is 24.3 Å². The van der Waals surface area contributed by atoms with Gasteiger partial charge in [-0.1, -0.05) is 42.0 Å². The number of nitrogens with zero attached hydrogens (tertiary/aromatic N) is 1. The van der Waals surface area contributed by atoms with Crippen molar-refractivity contribution in [2.45, 2.75) is 29.9 Å². The number of aryl methyl sites for hydroxylation is 1. The van der Waals surface area contributed by atoms with E-state index in [4.69, 9.17) is 0 Å². The first-order valence-electron chi connectivity index (χ1n) is 9.73. The summed E-state index contributed by atoms with van der Waals surface area (Å²) in [5.41, 5.74) is 3.08. The Morgan fingerprint density at radius 3 is 1.93 bits per heavy atom. The van der Waals surface area contributed by atoms with Crippen molar-refractivity contribution in [3.63, 3.8) is 0 Å². The average molecular weight is 451 g/mol. The zero-order chi connectivity index (χ0) is 21.9. The van der Waals surface area contributed by atoms with Gasteiger partial charge in [-0.3, -0.25) is 4.79 Å². The highest BCUT2D eigenvalue weighted by atomic mass is 32.2. The van der Waals surface area contributed by atoms with Gasteiger partial charge in [-0.05, 0) is 43.0 Å². The second-order valence-electron chi connectivity index (χ2n) is 7.47. The van der Waals surface area contributed by atoms with E-state index in [2.05, 4.69) is 5.32 Å². The average Bonchev–Trinajstić information content (AvgIpc) is 2.74. The van der Waals surface area contributed by atoms with Crippen molar-refractivity contribution in [2.75, 3.05) is 25.9 Å². The largest absolute Gasteiger partial charge is 0.358 e. The maximum absolute atomic E-state index is 13.0. The van der Waals surface area contributed by atoms with Gasteiger partial charge >= 0.3 is 0 Å². The molecule has 1 amide bonds. The van der Waals surface area contributed by atoms with Crippen LogP contribution in [0.4, 0.5) is 0 Å². The molecule has 1 saturated heterocycles. The van der Waals surface area contributed by atoms with E-state index in [1.807, 2.05) is 31.2 Å². The van der Waals surface area contributed by atoms with Crippen molar-refractivity contribution in [3.05, 3.63) is 54.1 Å². The fraction of sp³-hybridized carbons (Fsp3) is 0.381. The zero-order valence-corrected chi connectivity index (χ0v) is 18.7. The Kier molecular flexibility index (Phi) is 6.64. The molecule has 1 aliphatic rings. The molecule has 0 atom stereocenters. The van der Waals surface area contributed by atoms with Crippen LogP contribution in [0, 0.1) is 6.92 Å². The number of rotatable bonds is 6. The molecule has 30 heavy (non-hydrogen) atoms. The molecular weight excluding hydrogens is 424 g/mol. The van der Waals surface area contributed by atoms with Crippen LogP contribution in [0.5, 0.6) is 0 Å². The second-order valence-corrected chi connectivity index (χ2v) is 11.7. The molecule has 2 aromatic carbocycles.